The topological polar surface area (TPSA) is 108 Å². The predicted octanol–water partition coefficient (Wildman–Crippen LogP) is 3.22. The molecule has 31 heavy (non-hydrogen) atoms. The molecule has 0 aliphatic carbocycles. The highest BCUT2D eigenvalue weighted by Crippen LogP contribution is 2.22. The summed E-state index contributed by atoms with van der Waals surface area (Å²) in [5.74, 6) is 1.42. The van der Waals surface area contributed by atoms with Gasteiger partial charge in [0.05, 0.1) is 19.4 Å². The quantitative estimate of drug-likeness (QED) is 0.413. The lowest BCUT2D eigenvalue weighted by Gasteiger charge is -2.27. The molecule has 1 aliphatic rings. The highest BCUT2D eigenvalue weighted by Gasteiger charge is 2.17. The minimum absolute atomic E-state index is 0.148. The lowest BCUT2D eigenvalue weighted by Crippen LogP contribution is -2.37. The summed E-state index contributed by atoms with van der Waals surface area (Å²) in [5.41, 5.74) is 6.60. The van der Waals surface area contributed by atoms with Crippen molar-refractivity contribution >= 4 is 29.7 Å². The summed E-state index contributed by atoms with van der Waals surface area (Å²) in [6, 6.07) is 13.1. The number of benzene rings is 2. The van der Waals surface area contributed by atoms with E-state index in [1.54, 1.807) is 18.2 Å². The van der Waals surface area contributed by atoms with Crippen molar-refractivity contribution in [3.05, 3.63) is 59.2 Å². The van der Waals surface area contributed by atoms with Crippen molar-refractivity contribution in [3.63, 3.8) is 0 Å². The molecule has 1 aliphatic heterocycles. The molecule has 9 heteroatoms. The monoisotopic (exact) mass is 419 g/mol. The molecule has 160 valence electrons. The number of aromatic nitrogens is 3. The van der Waals surface area contributed by atoms with E-state index in [1.807, 2.05) is 19.9 Å². The number of aryl methyl sites for hydroxylation is 2. The van der Waals surface area contributed by atoms with Crippen LogP contribution in [0.25, 0.3) is 0 Å². The smallest absolute Gasteiger partial charge is 0.250 e. The highest BCUT2D eigenvalue weighted by molar-refractivity contribution is 5.83. The number of phenols is 1. The summed E-state index contributed by atoms with van der Waals surface area (Å²) < 4.78 is 5.44. The van der Waals surface area contributed by atoms with Gasteiger partial charge in [-0.05, 0) is 43.2 Å². The Morgan fingerprint density at radius 3 is 2.61 bits per heavy atom. The summed E-state index contributed by atoms with van der Waals surface area (Å²) in [4.78, 5) is 15.6. The summed E-state index contributed by atoms with van der Waals surface area (Å²) >= 11 is 0. The highest BCUT2D eigenvalue weighted by atomic mass is 16.5. The van der Waals surface area contributed by atoms with Crippen molar-refractivity contribution in [2.45, 2.75) is 13.8 Å². The van der Waals surface area contributed by atoms with Gasteiger partial charge in [-0.1, -0.05) is 24.3 Å². The van der Waals surface area contributed by atoms with Crippen LogP contribution in [0.3, 0.4) is 0 Å². The Hall–Kier alpha value is -3.72. The maximum atomic E-state index is 9.89. The second kappa shape index (κ2) is 9.40. The van der Waals surface area contributed by atoms with Gasteiger partial charge in [-0.2, -0.15) is 20.1 Å². The second-order valence-electron chi connectivity index (χ2n) is 7.25. The molecule has 1 fully saturated rings. The number of nitrogens with one attached hydrogen (secondary N) is 2. The standard InChI is InChI=1S/C22H25N7O2/c1-15-7-8-16(2)18(13-15)24-20-25-21(27-22(26-20)29-9-11-31-12-10-29)28-23-14-17-5-3-4-6-19(17)30/h3-8,13-14,30H,9-12H2,1-2H3,(H2,24,25,26,27,28)/b23-14-. The third-order valence-electron chi connectivity index (χ3n) is 4.86. The third-order valence-corrected chi connectivity index (χ3v) is 4.86. The molecule has 2 heterocycles. The van der Waals surface area contributed by atoms with E-state index in [4.69, 9.17) is 4.74 Å². The lowest BCUT2D eigenvalue weighted by atomic mass is 10.1. The fraction of sp³-hybridized carbons (Fsp3) is 0.273. The number of nitrogens with zero attached hydrogens (tertiary/aromatic N) is 5. The minimum Gasteiger partial charge on any atom is -0.507 e. The lowest BCUT2D eigenvalue weighted by molar-refractivity contribution is 0.122. The van der Waals surface area contributed by atoms with Crippen molar-refractivity contribution < 1.29 is 9.84 Å². The number of aromatic hydroxyl groups is 1. The molecular formula is C22H25N7O2. The summed E-state index contributed by atoms with van der Waals surface area (Å²) in [6.07, 6.45) is 1.52. The van der Waals surface area contributed by atoms with Gasteiger partial charge >= 0.3 is 0 Å². The van der Waals surface area contributed by atoms with Crippen molar-refractivity contribution in [2.24, 2.45) is 5.10 Å². The first-order valence-corrected chi connectivity index (χ1v) is 10.1. The average molecular weight is 419 g/mol. The molecular weight excluding hydrogens is 394 g/mol. The number of hydrogen-bond acceptors (Lipinski definition) is 9. The Bertz CT molecular complexity index is 1080. The van der Waals surface area contributed by atoms with Gasteiger partial charge in [-0.3, -0.25) is 0 Å². The fourth-order valence-corrected chi connectivity index (χ4v) is 3.12. The predicted molar refractivity (Wildman–Crippen MR) is 121 cm³/mol. The van der Waals surface area contributed by atoms with Crippen LogP contribution in [0.15, 0.2) is 47.6 Å². The third kappa shape index (κ3) is 5.26. The number of phenolic OH excluding ortho intramolecular Hbond substituents is 1. The van der Waals surface area contributed by atoms with E-state index in [-0.39, 0.29) is 5.75 Å². The first-order valence-electron chi connectivity index (χ1n) is 10.1. The molecule has 0 saturated carbocycles. The van der Waals surface area contributed by atoms with Gasteiger partial charge in [0, 0.05) is 24.3 Å². The average Bonchev–Trinajstić information content (AvgIpc) is 2.78. The van der Waals surface area contributed by atoms with Crippen LogP contribution < -0.4 is 15.6 Å². The van der Waals surface area contributed by atoms with E-state index in [0.29, 0.717) is 49.7 Å². The van der Waals surface area contributed by atoms with E-state index >= 15 is 0 Å². The molecule has 0 radical (unpaired) electrons. The maximum absolute atomic E-state index is 9.89. The van der Waals surface area contributed by atoms with Crippen molar-refractivity contribution in [2.75, 3.05) is 41.9 Å². The van der Waals surface area contributed by atoms with E-state index < -0.39 is 0 Å². The molecule has 0 spiro atoms. The van der Waals surface area contributed by atoms with Crippen LogP contribution in [0.4, 0.5) is 23.5 Å². The van der Waals surface area contributed by atoms with Crippen LogP contribution in [0.2, 0.25) is 0 Å². The first-order chi connectivity index (χ1) is 15.1. The zero-order valence-corrected chi connectivity index (χ0v) is 17.5. The summed E-state index contributed by atoms with van der Waals surface area (Å²) in [7, 11) is 0. The van der Waals surface area contributed by atoms with Crippen molar-refractivity contribution in [1.82, 2.24) is 15.0 Å². The zero-order valence-electron chi connectivity index (χ0n) is 17.5. The number of morpholine rings is 1. The van der Waals surface area contributed by atoms with Gasteiger partial charge in [0.2, 0.25) is 17.8 Å². The van der Waals surface area contributed by atoms with Crippen LogP contribution >= 0.6 is 0 Å². The molecule has 3 N–H and O–H groups in total. The van der Waals surface area contributed by atoms with E-state index in [9.17, 15) is 5.11 Å². The number of rotatable bonds is 6. The van der Waals surface area contributed by atoms with Gasteiger partial charge in [0.25, 0.3) is 0 Å². The molecule has 9 nitrogen and oxygen atoms in total. The minimum atomic E-state index is 0.148. The van der Waals surface area contributed by atoms with Gasteiger partial charge in [-0.15, -0.1) is 0 Å². The first kappa shape index (κ1) is 20.5. The molecule has 2 aromatic carbocycles. The Morgan fingerprint density at radius 2 is 1.81 bits per heavy atom. The number of anilines is 4. The van der Waals surface area contributed by atoms with Crippen LogP contribution in [0.5, 0.6) is 5.75 Å². The van der Waals surface area contributed by atoms with Crippen LogP contribution in [-0.4, -0.2) is 52.6 Å². The normalized spacial score (nSPS) is 14.1. The number of hydrogen-bond donors (Lipinski definition) is 3. The SMILES string of the molecule is Cc1ccc(C)c(Nc2nc(N/N=C\c3ccccc3O)nc(N3CCOCC3)n2)c1. The largest absolute Gasteiger partial charge is 0.507 e. The zero-order chi connectivity index (χ0) is 21.6. The van der Waals surface area contributed by atoms with Gasteiger partial charge in [-0.25, -0.2) is 5.43 Å². The van der Waals surface area contributed by atoms with E-state index in [2.05, 4.69) is 53.9 Å². The second-order valence-corrected chi connectivity index (χ2v) is 7.25. The van der Waals surface area contributed by atoms with Gasteiger partial charge in [0.15, 0.2) is 0 Å². The van der Waals surface area contributed by atoms with E-state index in [1.165, 1.54) is 6.21 Å². The Labute approximate surface area is 180 Å². The molecule has 4 rings (SSSR count). The molecule has 1 aromatic heterocycles. The molecule has 0 unspecified atom stereocenters. The molecule has 0 atom stereocenters. The Balaban J connectivity index is 1.61. The van der Waals surface area contributed by atoms with Crippen molar-refractivity contribution in [3.8, 4) is 5.75 Å². The van der Waals surface area contributed by atoms with Crippen LogP contribution in [-0.2, 0) is 4.74 Å². The van der Waals surface area contributed by atoms with Crippen LogP contribution in [0.1, 0.15) is 16.7 Å². The number of para-hydroxylation sites is 1. The van der Waals surface area contributed by atoms with Crippen molar-refractivity contribution in [1.29, 1.82) is 0 Å². The van der Waals surface area contributed by atoms with Gasteiger partial charge < -0.3 is 20.1 Å². The Kier molecular flexibility index (Phi) is 6.23. The van der Waals surface area contributed by atoms with E-state index in [0.717, 1.165) is 16.8 Å². The molecule has 0 bridgehead atoms. The number of ether oxygens (including phenoxy) is 1. The Morgan fingerprint density at radius 1 is 1.03 bits per heavy atom. The molecule has 3 aromatic rings. The van der Waals surface area contributed by atoms with Crippen LogP contribution in [0, 0.1) is 13.8 Å². The molecule has 1 saturated heterocycles. The summed E-state index contributed by atoms with van der Waals surface area (Å²) in [6.45, 7) is 6.72. The summed E-state index contributed by atoms with van der Waals surface area (Å²) in [5, 5.41) is 17.4. The number of hydrazone groups is 1. The van der Waals surface area contributed by atoms with Gasteiger partial charge in [0.1, 0.15) is 5.75 Å². The fourth-order valence-electron chi connectivity index (χ4n) is 3.12. The maximum Gasteiger partial charge on any atom is 0.250 e. The molecule has 0 amide bonds.